The summed E-state index contributed by atoms with van der Waals surface area (Å²) in [6.07, 6.45) is 6.99. The van der Waals surface area contributed by atoms with Crippen LogP contribution in [0.1, 0.15) is 49.3 Å². The number of fused-ring (bicyclic) bond motifs is 1. The van der Waals surface area contributed by atoms with E-state index >= 15 is 0 Å². The van der Waals surface area contributed by atoms with E-state index in [4.69, 9.17) is 0 Å². The Hall–Kier alpha value is -1.69. The molecule has 2 atom stereocenters. The maximum Gasteiger partial charge on any atom is 0.240 e. The van der Waals surface area contributed by atoms with E-state index < -0.39 is 10.0 Å². The molecule has 1 fully saturated rings. The minimum Gasteiger partial charge on any atom is -0.295 e. The fourth-order valence-corrected chi connectivity index (χ4v) is 5.81. The maximum atomic E-state index is 13.0. The molecule has 2 aromatic rings. The molecule has 4 rings (SSSR count). The van der Waals surface area contributed by atoms with Gasteiger partial charge in [-0.3, -0.25) is 4.90 Å². The first-order chi connectivity index (χ1) is 13.1. The lowest BCUT2D eigenvalue weighted by Gasteiger charge is -2.35. The molecule has 144 valence electrons. The van der Waals surface area contributed by atoms with E-state index in [-0.39, 0.29) is 12.1 Å². The van der Waals surface area contributed by atoms with Crippen molar-refractivity contribution in [1.29, 1.82) is 0 Å². The standard InChI is InChI=1S/C22H28N2O2S/c25-27(26,19-12-5-4-6-13-19)23-21-17-18-11-7-8-14-20(18)22(21)24-15-9-2-1-3-10-16-24/h4-8,11-14,21-23H,1-3,9-10,15-17H2/t21-,22+/m0/s1. The number of nitrogens with one attached hydrogen (secondary N) is 1. The van der Waals surface area contributed by atoms with Gasteiger partial charge in [-0.15, -0.1) is 0 Å². The zero-order valence-electron chi connectivity index (χ0n) is 15.7. The predicted octanol–water partition coefficient (Wildman–Crippen LogP) is 3.90. The summed E-state index contributed by atoms with van der Waals surface area (Å²) in [6, 6.07) is 17.2. The Morgan fingerprint density at radius 1 is 0.815 bits per heavy atom. The number of hydrogen-bond acceptors (Lipinski definition) is 3. The normalized spacial score (nSPS) is 24.1. The fourth-order valence-electron chi connectivity index (χ4n) is 4.55. The van der Waals surface area contributed by atoms with Gasteiger partial charge in [-0.2, -0.15) is 0 Å². The van der Waals surface area contributed by atoms with Gasteiger partial charge < -0.3 is 0 Å². The first kappa shape index (κ1) is 18.7. The van der Waals surface area contributed by atoms with Gasteiger partial charge in [-0.25, -0.2) is 13.1 Å². The van der Waals surface area contributed by atoms with E-state index in [1.807, 2.05) is 6.07 Å². The highest BCUT2D eigenvalue weighted by Gasteiger charge is 2.38. The lowest BCUT2D eigenvalue weighted by atomic mass is 10.0. The average Bonchev–Trinajstić information content (AvgIpc) is 2.99. The molecular formula is C22H28N2O2S. The summed E-state index contributed by atoms with van der Waals surface area (Å²) in [5.41, 5.74) is 2.56. The Labute approximate surface area is 162 Å². The highest BCUT2D eigenvalue weighted by atomic mass is 32.2. The van der Waals surface area contributed by atoms with Crippen LogP contribution in [0.4, 0.5) is 0 Å². The Kier molecular flexibility index (Phi) is 5.62. The van der Waals surface area contributed by atoms with Crippen molar-refractivity contribution in [2.24, 2.45) is 0 Å². The summed E-state index contributed by atoms with van der Waals surface area (Å²) < 4.78 is 29.0. The second kappa shape index (κ2) is 8.13. The SMILES string of the molecule is O=S(=O)(N[C@H]1Cc2ccccc2[C@H]1N1CCCCCCC1)c1ccccc1. The molecule has 0 spiro atoms. The second-order valence-corrected chi connectivity index (χ2v) is 9.41. The minimum absolute atomic E-state index is 0.118. The van der Waals surface area contributed by atoms with Gasteiger partial charge in [0.15, 0.2) is 0 Å². The molecule has 27 heavy (non-hydrogen) atoms. The molecule has 0 aromatic heterocycles. The van der Waals surface area contributed by atoms with Gasteiger partial charge in [0, 0.05) is 6.04 Å². The lowest BCUT2D eigenvalue weighted by molar-refractivity contribution is 0.160. The van der Waals surface area contributed by atoms with E-state index in [9.17, 15) is 8.42 Å². The second-order valence-electron chi connectivity index (χ2n) is 7.69. The highest BCUT2D eigenvalue weighted by Crippen LogP contribution is 2.37. The maximum absolute atomic E-state index is 13.0. The Morgan fingerprint density at radius 2 is 1.44 bits per heavy atom. The molecule has 2 aliphatic rings. The molecule has 0 amide bonds. The topological polar surface area (TPSA) is 49.4 Å². The average molecular weight is 385 g/mol. The number of hydrogen-bond donors (Lipinski definition) is 1. The third-order valence-corrected chi connectivity index (χ3v) is 7.34. The Balaban J connectivity index is 1.62. The summed E-state index contributed by atoms with van der Waals surface area (Å²) in [5, 5.41) is 0. The minimum atomic E-state index is -3.53. The van der Waals surface area contributed by atoms with Crippen molar-refractivity contribution in [2.75, 3.05) is 13.1 Å². The number of benzene rings is 2. The summed E-state index contributed by atoms with van der Waals surface area (Å²) in [4.78, 5) is 2.86. The van der Waals surface area contributed by atoms with Gasteiger partial charge in [0.25, 0.3) is 0 Å². The van der Waals surface area contributed by atoms with Crippen molar-refractivity contribution in [2.45, 2.75) is 55.5 Å². The lowest BCUT2D eigenvalue weighted by Crippen LogP contribution is -2.45. The van der Waals surface area contributed by atoms with Crippen LogP contribution in [-0.2, 0) is 16.4 Å². The molecule has 4 nitrogen and oxygen atoms in total. The van der Waals surface area contributed by atoms with Crippen LogP contribution in [0.25, 0.3) is 0 Å². The van der Waals surface area contributed by atoms with Crippen LogP contribution in [0.2, 0.25) is 0 Å². The van der Waals surface area contributed by atoms with Crippen molar-refractivity contribution in [3.63, 3.8) is 0 Å². The number of sulfonamides is 1. The summed E-state index contributed by atoms with van der Waals surface area (Å²) >= 11 is 0. The van der Waals surface area contributed by atoms with Gasteiger partial charge in [-0.05, 0) is 55.6 Å². The molecule has 1 heterocycles. The van der Waals surface area contributed by atoms with Crippen LogP contribution < -0.4 is 4.72 Å². The van der Waals surface area contributed by atoms with Gasteiger partial charge in [0.1, 0.15) is 0 Å². The molecule has 1 saturated heterocycles. The monoisotopic (exact) mass is 384 g/mol. The Morgan fingerprint density at radius 3 is 2.19 bits per heavy atom. The van der Waals surface area contributed by atoms with E-state index in [0.29, 0.717) is 4.90 Å². The zero-order chi connectivity index (χ0) is 18.7. The molecule has 1 aliphatic carbocycles. The highest BCUT2D eigenvalue weighted by molar-refractivity contribution is 7.89. The Bertz CT molecular complexity index is 859. The van der Waals surface area contributed by atoms with E-state index in [2.05, 4.69) is 33.9 Å². The summed E-state index contributed by atoms with van der Waals surface area (Å²) in [6.45, 7) is 2.09. The van der Waals surface area contributed by atoms with Crippen molar-refractivity contribution in [3.8, 4) is 0 Å². The number of rotatable bonds is 4. The molecule has 0 bridgehead atoms. The molecule has 1 aliphatic heterocycles. The third-order valence-electron chi connectivity index (χ3n) is 5.84. The van der Waals surface area contributed by atoms with E-state index in [0.717, 1.165) is 19.5 Å². The molecule has 2 aromatic carbocycles. The van der Waals surface area contributed by atoms with Crippen LogP contribution in [0, 0.1) is 0 Å². The van der Waals surface area contributed by atoms with E-state index in [1.165, 1.54) is 43.2 Å². The van der Waals surface area contributed by atoms with Gasteiger partial charge in [0.2, 0.25) is 10.0 Å². The first-order valence-corrected chi connectivity index (χ1v) is 11.5. The van der Waals surface area contributed by atoms with Crippen LogP contribution in [0.15, 0.2) is 59.5 Å². The number of likely N-dealkylation sites (tertiary alicyclic amines) is 1. The van der Waals surface area contributed by atoms with Crippen molar-refractivity contribution >= 4 is 10.0 Å². The van der Waals surface area contributed by atoms with Crippen molar-refractivity contribution in [1.82, 2.24) is 9.62 Å². The van der Waals surface area contributed by atoms with Gasteiger partial charge in [-0.1, -0.05) is 61.7 Å². The predicted molar refractivity (Wildman–Crippen MR) is 108 cm³/mol. The molecule has 1 N–H and O–H groups in total. The van der Waals surface area contributed by atoms with Crippen LogP contribution in [-0.4, -0.2) is 32.4 Å². The quantitative estimate of drug-likeness (QED) is 0.870. The van der Waals surface area contributed by atoms with Crippen molar-refractivity contribution in [3.05, 3.63) is 65.7 Å². The van der Waals surface area contributed by atoms with Crippen molar-refractivity contribution < 1.29 is 8.42 Å². The van der Waals surface area contributed by atoms with Gasteiger partial charge in [0.05, 0.1) is 10.9 Å². The summed E-state index contributed by atoms with van der Waals surface area (Å²) in [7, 11) is -3.53. The molecule has 0 unspecified atom stereocenters. The van der Waals surface area contributed by atoms with Crippen LogP contribution >= 0.6 is 0 Å². The largest absolute Gasteiger partial charge is 0.295 e. The zero-order valence-corrected chi connectivity index (χ0v) is 16.5. The summed E-state index contributed by atoms with van der Waals surface area (Å²) in [5.74, 6) is 0. The molecule has 0 saturated carbocycles. The molecule has 5 heteroatoms. The fraction of sp³-hybridized carbons (Fsp3) is 0.455. The van der Waals surface area contributed by atoms with Crippen LogP contribution in [0.3, 0.4) is 0 Å². The third kappa shape index (κ3) is 4.10. The smallest absolute Gasteiger partial charge is 0.240 e. The number of nitrogens with zero attached hydrogens (tertiary/aromatic N) is 1. The van der Waals surface area contributed by atoms with E-state index in [1.54, 1.807) is 24.3 Å². The van der Waals surface area contributed by atoms with Crippen LogP contribution in [0.5, 0.6) is 0 Å². The molecular weight excluding hydrogens is 356 g/mol. The van der Waals surface area contributed by atoms with Gasteiger partial charge >= 0.3 is 0 Å². The first-order valence-electron chi connectivity index (χ1n) is 10.0. The molecule has 0 radical (unpaired) electrons.